The fraction of sp³-hybridized carbons (Fsp3) is 0.333. The summed E-state index contributed by atoms with van der Waals surface area (Å²) in [5.74, 6) is -1.60. The Kier molecular flexibility index (Phi) is 5.78. The highest BCUT2D eigenvalue weighted by Crippen LogP contribution is 2.41. The first-order valence-corrected chi connectivity index (χ1v) is 10.3. The van der Waals surface area contributed by atoms with Crippen LogP contribution in [0, 0.1) is 5.82 Å². The highest BCUT2D eigenvalue weighted by Gasteiger charge is 2.46. The zero-order valence-corrected chi connectivity index (χ0v) is 17.6. The van der Waals surface area contributed by atoms with Crippen LogP contribution in [0.5, 0.6) is 5.75 Å². The van der Waals surface area contributed by atoms with E-state index in [0.29, 0.717) is 31.6 Å². The lowest BCUT2D eigenvalue weighted by molar-refractivity contribution is -0.140. The van der Waals surface area contributed by atoms with Gasteiger partial charge in [-0.2, -0.15) is 0 Å². The monoisotopic (exact) mass is 424 g/mol. The predicted molar refractivity (Wildman–Crippen MR) is 114 cm³/mol. The molecule has 0 spiro atoms. The number of aliphatic hydroxyl groups excluding tert-OH is 1. The summed E-state index contributed by atoms with van der Waals surface area (Å²) in [4.78, 5) is 29.2. The number of amides is 1. The first kappa shape index (κ1) is 21.1. The van der Waals surface area contributed by atoms with E-state index in [1.54, 1.807) is 36.4 Å². The number of hydrogen-bond donors (Lipinski definition) is 1. The standard InChI is InChI=1S/C24H25FN2O4/c1-26(2)11-5-12-27-21(17-6-3-4-7-18(17)25)20(23(29)24(27)30)22(28)16-8-9-19-15(14-16)10-13-31-19/h3-4,6-9,14,21,28H,5,10-13H2,1-2H3/b22-20+. The molecule has 0 saturated carbocycles. The van der Waals surface area contributed by atoms with Crippen molar-refractivity contribution in [3.8, 4) is 5.75 Å². The SMILES string of the molecule is CN(C)CCCN1C(=O)C(=O)/C(=C(/O)c2ccc3c(c2)CCO3)C1c1ccccc1F. The fourth-order valence-electron chi connectivity index (χ4n) is 4.18. The quantitative estimate of drug-likeness (QED) is 0.438. The third-order valence-corrected chi connectivity index (χ3v) is 5.71. The van der Waals surface area contributed by atoms with Crippen LogP contribution in [-0.2, 0) is 16.0 Å². The van der Waals surface area contributed by atoms with E-state index >= 15 is 0 Å². The van der Waals surface area contributed by atoms with Gasteiger partial charge < -0.3 is 19.6 Å². The van der Waals surface area contributed by atoms with Crippen LogP contribution in [0.1, 0.15) is 29.2 Å². The Hall–Kier alpha value is -3.19. The van der Waals surface area contributed by atoms with Gasteiger partial charge in [0.15, 0.2) is 0 Å². The molecule has 7 heteroatoms. The lowest BCUT2D eigenvalue weighted by atomic mass is 9.94. The minimum Gasteiger partial charge on any atom is -0.507 e. The van der Waals surface area contributed by atoms with Crippen LogP contribution in [0.15, 0.2) is 48.0 Å². The number of fused-ring (bicyclic) bond motifs is 1. The first-order chi connectivity index (χ1) is 14.9. The lowest BCUT2D eigenvalue weighted by Crippen LogP contribution is -2.32. The summed E-state index contributed by atoms with van der Waals surface area (Å²) >= 11 is 0. The molecular weight excluding hydrogens is 399 g/mol. The summed E-state index contributed by atoms with van der Waals surface area (Å²) in [5.41, 5.74) is 1.44. The van der Waals surface area contributed by atoms with Gasteiger partial charge in [0.05, 0.1) is 18.2 Å². The molecule has 2 aromatic rings. The maximum atomic E-state index is 14.8. The number of ether oxygens (including phenoxy) is 1. The van der Waals surface area contributed by atoms with E-state index in [2.05, 4.69) is 0 Å². The zero-order chi connectivity index (χ0) is 22.1. The van der Waals surface area contributed by atoms with E-state index in [1.165, 1.54) is 11.0 Å². The van der Waals surface area contributed by atoms with Crippen molar-refractivity contribution in [2.24, 2.45) is 0 Å². The van der Waals surface area contributed by atoms with E-state index in [0.717, 1.165) is 11.3 Å². The van der Waals surface area contributed by atoms with E-state index in [9.17, 15) is 19.1 Å². The summed E-state index contributed by atoms with van der Waals surface area (Å²) in [6.07, 6.45) is 1.31. The number of Topliss-reactive ketones (excluding diaryl/α,β-unsaturated/α-hetero) is 1. The Balaban J connectivity index is 1.80. The van der Waals surface area contributed by atoms with Crippen molar-refractivity contribution in [3.63, 3.8) is 0 Å². The molecule has 1 saturated heterocycles. The Bertz CT molecular complexity index is 1060. The highest BCUT2D eigenvalue weighted by molar-refractivity contribution is 6.46. The smallest absolute Gasteiger partial charge is 0.295 e. The Morgan fingerprint density at radius 2 is 2.00 bits per heavy atom. The number of carbonyl (C=O) groups is 2. The molecule has 1 fully saturated rings. The molecule has 0 bridgehead atoms. The maximum Gasteiger partial charge on any atom is 0.295 e. The number of aliphatic hydroxyl groups is 1. The lowest BCUT2D eigenvalue weighted by Gasteiger charge is -2.26. The van der Waals surface area contributed by atoms with Crippen LogP contribution in [0.25, 0.3) is 5.76 Å². The molecule has 2 aromatic carbocycles. The average molecular weight is 424 g/mol. The van der Waals surface area contributed by atoms with Crippen molar-refractivity contribution in [3.05, 3.63) is 70.5 Å². The molecule has 4 rings (SSSR count). The molecule has 1 N–H and O–H groups in total. The van der Waals surface area contributed by atoms with Gasteiger partial charge >= 0.3 is 0 Å². The van der Waals surface area contributed by atoms with Crippen molar-refractivity contribution in [2.75, 3.05) is 33.8 Å². The van der Waals surface area contributed by atoms with Gasteiger partial charge in [-0.3, -0.25) is 9.59 Å². The highest BCUT2D eigenvalue weighted by atomic mass is 19.1. The molecule has 2 heterocycles. The summed E-state index contributed by atoms with van der Waals surface area (Å²) < 4.78 is 20.3. The second kappa shape index (κ2) is 8.51. The number of ketones is 1. The van der Waals surface area contributed by atoms with Crippen LogP contribution >= 0.6 is 0 Å². The Morgan fingerprint density at radius 3 is 2.74 bits per heavy atom. The maximum absolute atomic E-state index is 14.8. The van der Waals surface area contributed by atoms with E-state index in [1.807, 2.05) is 19.0 Å². The van der Waals surface area contributed by atoms with Crippen molar-refractivity contribution in [1.29, 1.82) is 0 Å². The number of rotatable bonds is 6. The minimum absolute atomic E-state index is 0.0844. The van der Waals surface area contributed by atoms with Crippen molar-refractivity contribution in [2.45, 2.75) is 18.9 Å². The van der Waals surface area contributed by atoms with Crippen molar-refractivity contribution in [1.82, 2.24) is 9.80 Å². The number of halogens is 1. The largest absolute Gasteiger partial charge is 0.507 e. The number of benzene rings is 2. The average Bonchev–Trinajstić information content (AvgIpc) is 3.31. The predicted octanol–water partition coefficient (Wildman–Crippen LogP) is 3.13. The summed E-state index contributed by atoms with van der Waals surface area (Å²) in [6, 6.07) is 10.2. The molecule has 1 amide bonds. The van der Waals surface area contributed by atoms with Crippen LogP contribution in [0.4, 0.5) is 4.39 Å². The van der Waals surface area contributed by atoms with Crippen molar-refractivity contribution < 1.29 is 23.8 Å². The molecule has 1 atom stereocenters. The van der Waals surface area contributed by atoms with Gasteiger partial charge in [-0.05, 0) is 56.9 Å². The molecule has 2 aliphatic rings. The van der Waals surface area contributed by atoms with Crippen LogP contribution in [-0.4, -0.2) is 60.4 Å². The van der Waals surface area contributed by atoms with Gasteiger partial charge in [-0.15, -0.1) is 0 Å². The molecule has 0 radical (unpaired) electrons. The van der Waals surface area contributed by atoms with Gasteiger partial charge in [0.1, 0.15) is 17.3 Å². The van der Waals surface area contributed by atoms with Crippen molar-refractivity contribution >= 4 is 17.4 Å². The molecular formula is C24H25FN2O4. The first-order valence-electron chi connectivity index (χ1n) is 10.3. The minimum atomic E-state index is -0.979. The molecule has 162 valence electrons. The van der Waals surface area contributed by atoms with Gasteiger partial charge in [0.2, 0.25) is 0 Å². The normalized spacial score (nSPS) is 19.7. The van der Waals surface area contributed by atoms with Gasteiger partial charge in [-0.25, -0.2) is 4.39 Å². The van der Waals surface area contributed by atoms with E-state index in [4.69, 9.17) is 4.74 Å². The molecule has 1 unspecified atom stereocenters. The third kappa shape index (κ3) is 3.93. The molecule has 2 aliphatic heterocycles. The zero-order valence-electron chi connectivity index (χ0n) is 17.6. The van der Waals surface area contributed by atoms with Gasteiger partial charge in [-0.1, -0.05) is 18.2 Å². The number of carbonyl (C=O) groups excluding carboxylic acids is 2. The topological polar surface area (TPSA) is 70.1 Å². The summed E-state index contributed by atoms with van der Waals surface area (Å²) in [7, 11) is 3.83. The third-order valence-electron chi connectivity index (χ3n) is 5.71. The summed E-state index contributed by atoms with van der Waals surface area (Å²) in [5, 5.41) is 11.1. The number of likely N-dealkylation sites (tertiary alicyclic amines) is 1. The number of hydrogen-bond acceptors (Lipinski definition) is 5. The Morgan fingerprint density at radius 1 is 1.23 bits per heavy atom. The number of nitrogens with zero attached hydrogens (tertiary/aromatic N) is 2. The van der Waals surface area contributed by atoms with Gasteiger partial charge in [0, 0.05) is 24.1 Å². The Labute approximate surface area is 180 Å². The van der Waals surface area contributed by atoms with Gasteiger partial charge in [0.25, 0.3) is 11.7 Å². The molecule has 31 heavy (non-hydrogen) atoms. The van der Waals surface area contributed by atoms with E-state index in [-0.39, 0.29) is 23.4 Å². The van der Waals surface area contributed by atoms with Crippen LogP contribution in [0.2, 0.25) is 0 Å². The molecule has 6 nitrogen and oxygen atoms in total. The van der Waals surface area contributed by atoms with Crippen LogP contribution in [0.3, 0.4) is 0 Å². The second-order valence-electron chi connectivity index (χ2n) is 8.09. The van der Waals surface area contributed by atoms with Crippen LogP contribution < -0.4 is 4.74 Å². The van der Waals surface area contributed by atoms with E-state index < -0.39 is 23.5 Å². The molecule has 0 aliphatic carbocycles. The molecule has 0 aromatic heterocycles. The fourth-order valence-corrected chi connectivity index (χ4v) is 4.18. The summed E-state index contributed by atoms with van der Waals surface area (Å²) in [6.45, 7) is 1.54. The second-order valence-corrected chi connectivity index (χ2v) is 8.09.